The van der Waals surface area contributed by atoms with Crippen LogP contribution in [0.2, 0.25) is 0 Å². The molecule has 0 bridgehead atoms. The first-order chi connectivity index (χ1) is 16.1. The van der Waals surface area contributed by atoms with Gasteiger partial charge in [0, 0.05) is 31.8 Å². The molecule has 0 aromatic rings. The quantitative estimate of drug-likeness (QED) is 0.234. The minimum Gasteiger partial charge on any atom is -0.338 e. The molecule has 7 atom stereocenters. The highest BCUT2D eigenvalue weighted by Crippen LogP contribution is 2.37. The van der Waals surface area contributed by atoms with Gasteiger partial charge in [-0.15, -0.1) is 16.4 Å². The molecule has 3 fully saturated rings. The Morgan fingerprint density at radius 3 is 2.65 bits per heavy atom. The molecule has 5 N–H and O–H groups in total. The number of sulfonamides is 1. The molecule has 2 saturated carbocycles. The number of rotatable bonds is 8. The summed E-state index contributed by atoms with van der Waals surface area (Å²) in [5.41, 5.74) is 2.23. The van der Waals surface area contributed by atoms with Crippen molar-refractivity contribution in [1.29, 1.82) is 0 Å². The van der Waals surface area contributed by atoms with Crippen LogP contribution in [0.1, 0.15) is 45.4 Å². The van der Waals surface area contributed by atoms with E-state index in [0.717, 1.165) is 32.5 Å². The van der Waals surface area contributed by atoms with Gasteiger partial charge in [-0.2, -0.15) is 0 Å². The van der Waals surface area contributed by atoms with Crippen LogP contribution < -0.4 is 26.2 Å². The molecule has 0 aromatic heterocycles. The van der Waals surface area contributed by atoms with Crippen molar-refractivity contribution in [2.24, 2.45) is 17.8 Å². The van der Waals surface area contributed by atoms with Gasteiger partial charge in [0.25, 0.3) is 0 Å². The van der Waals surface area contributed by atoms with Crippen LogP contribution in [-0.2, 0) is 14.8 Å². The topological polar surface area (TPSA) is 132 Å². The highest BCUT2D eigenvalue weighted by molar-refractivity contribution is 7.89. The highest BCUT2D eigenvalue weighted by atomic mass is 35.5. The van der Waals surface area contributed by atoms with Crippen LogP contribution in [0, 0.1) is 17.8 Å². The summed E-state index contributed by atoms with van der Waals surface area (Å²) < 4.78 is 40.0. The third kappa shape index (κ3) is 7.64. The lowest BCUT2D eigenvalue weighted by Gasteiger charge is -2.37. The number of hydrogen-bond donors (Lipinski definition) is 5. The lowest BCUT2D eigenvalue weighted by atomic mass is 9.76. The Bertz CT molecular complexity index is 821. The number of carbonyl (C=O) groups is 2. The number of urea groups is 1. The second kappa shape index (κ2) is 12.2. The van der Waals surface area contributed by atoms with Gasteiger partial charge in [0.15, 0.2) is 0 Å². The lowest BCUT2D eigenvalue weighted by molar-refractivity contribution is -0.129. The van der Waals surface area contributed by atoms with Crippen LogP contribution in [0.15, 0.2) is 0 Å². The van der Waals surface area contributed by atoms with Gasteiger partial charge in [-0.3, -0.25) is 20.4 Å². The first-order valence-corrected chi connectivity index (χ1v) is 14.2. The van der Waals surface area contributed by atoms with Gasteiger partial charge in [0.2, 0.25) is 15.9 Å². The first kappa shape index (κ1) is 27.4. The molecule has 0 aromatic carbocycles. The predicted octanol–water partition coefficient (Wildman–Crippen LogP) is 0.648. The van der Waals surface area contributed by atoms with E-state index in [1.807, 2.05) is 14.0 Å². The molecule has 10 nitrogen and oxygen atoms in total. The van der Waals surface area contributed by atoms with Crippen LogP contribution in [0.25, 0.3) is 0 Å². The number of nitrogens with one attached hydrogen (secondary N) is 5. The van der Waals surface area contributed by atoms with Gasteiger partial charge in [-0.05, 0) is 57.9 Å². The largest absolute Gasteiger partial charge is 0.338 e. The zero-order valence-corrected chi connectivity index (χ0v) is 21.4. The van der Waals surface area contributed by atoms with E-state index in [-0.39, 0.29) is 35.7 Å². The van der Waals surface area contributed by atoms with E-state index in [1.54, 1.807) is 0 Å². The third-order valence-corrected chi connectivity index (χ3v) is 8.83. The summed E-state index contributed by atoms with van der Waals surface area (Å²) in [7, 11) is -1.85. The van der Waals surface area contributed by atoms with E-state index < -0.39 is 33.4 Å². The SMILES string of the molecule is CCNC(=O)N[C@H]1CCC[C@H](CS(=O)(=O)NNC(=O)C2CC(C3CN(C)CN3)CC(Cl)C2F)C1. The van der Waals surface area contributed by atoms with Crippen LogP contribution in [-0.4, -0.2) is 81.4 Å². The van der Waals surface area contributed by atoms with Crippen molar-refractivity contribution in [2.45, 2.75) is 69.1 Å². The lowest BCUT2D eigenvalue weighted by Crippen LogP contribution is -2.52. The van der Waals surface area contributed by atoms with Crippen molar-refractivity contribution in [3.05, 3.63) is 0 Å². The molecule has 0 radical (unpaired) electrons. The minimum absolute atomic E-state index is 0.0309. The number of likely N-dealkylation sites (N-methyl/N-ethyl adjacent to an activating group) is 1. The fourth-order valence-electron chi connectivity index (χ4n) is 5.40. The molecule has 3 aliphatic rings. The maximum absolute atomic E-state index is 14.8. The van der Waals surface area contributed by atoms with Crippen LogP contribution in [0.4, 0.5) is 9.18 Å². The van der Waals surface area contributed by atoms with E-state index in [9.17, 15) is 22.4 Å². The molecule has 5 unspecified atom stereocenters. The van der Waals surface area contributed by atoms with Gasteiger partial charge in [-0.1, -0.05) is 6.42 Å². The molecular weight excluding hydrogens is 487 g/mol. The fourth-order valence-corrected chi connectivity index (χ4v) is 7.07. The Morgan fingerprint density at radius 2 is 1.97 bits per heavy atom. The number of nitrogens with zero attached hydrogens (tertiary/aromatic N) is 1. The Kier molecular flexibility index (Phi) is 9.79. The first-order valence-electron chi connectivity index (χ1n) is 12.1. The molecule has 3 amide bonds. The summed E-state index contributed by atoms with van der Waals surface area (Å²) in [5.74, 6) is -2.01. The van der Waals surface area contributed by atoms with E-state index in [0.29, 0.717) is 25.8 Å². The monoisotopic (exact) mass is 524 g/mol. The highest BCUT2D eigenvalue weighted by Gasteiger charge is 2.44. The summed E-state index contributed by atoms with van der Waals surface area (Å²) in [6.07, 6.45) is 2.09. The molecule has 0 spiro atoms. The van der Waals surface area contributed by atoms with E-state index in [4.69, 9.17) is 11.6 Å². The zero-order valence-electron chi connectivity index (χ0n) is 19.9. The maximum atomic E-state index is 14.8. The summed E-state index contributed by atoms with van der Waals surface area (Å²) in [4.78, 5) is 28.7. The van der Waals surface area contributed by atoms with Crippen molar-refractivity contribution in [3.8, 4) is 0 Å². The van der Waals surface area contributed by atoms with E-state index in [1.165, 1.54) is 0 Å². The average molecular weight is 525 g/mol. The molecule has 1 heterocycles. The van der Waals surface area contributed by atoms with Gasteiger partial charge in [0.1, 0.15) is 6.17 Å². The molecule has 1 aliphatic heterocycles. The second-order valence-electron chi connectivity index (χ2n) is 9.91. The van der Waals surface area contributed by atoms with Crippen molar-refractivity contribution in [3.63, 3.8) is 0 Å². The summed E-state index contributed by atoms with van der Waals surface area (Å²) in [6, 6.07) is -0.228. The van der Waals surface area contributed by atoms with Gasteiger partial charge >= 0.3 is 6.03 Å². The maximum Gasteiger partial charge on any atom is 0.314 e. The summed E-state index contributed by atoms with van der Waals surface area (Å²) in [5, 5.41) is 8.12. The summed E-state index contributed by atoms with van der Waals surface area (Å²) >= 11 is 6.23. The van der Waals surface area contributed by atoms with Gasteiger partial charge in [-0.25, -0.2) is 17.6 Å². The Labute approximate surface area is 206 Å². The molecular formula is C21H38ClFN6O4S. The average Bonchev–Trinajstić information content (AvgIpc) is 3.20. The molecule has 2 aliphatic carbocycles. The molecule has 34 heavy (non-hydrogen) atoms. The molecule has 3 rings (SSSR count). The fraction of sp³-hybridized carbons (Fsp3) is 0.905. The zero-order chi connectivity index (χ0) is 24.9. The van der Waals surface area contributed by atoms with E-state index >= 15 is 0 Å². The Balaban J connectivity index is 1.50. The Morgan fingerprint density at radius 1 is 1.21 bits per heavy atom. The smallest absolute Gasteiger partial charge is 0.314 e. The molecule has 1 saturated heterocycles. The van der Waals surface area contributed by atoms with Crippen molar-refractivity contribution < 1.29 is 22.4 Å². The predicted molar refractivity (Wildman–Crippen MR) is 128 cm³/mol. The van der Waals surface area contributed by atoms with Crippen molar-refractivity contribution in [1.82, 2.24) is 31.1 Å². The van der Waals surface area contributed by atoms with Crippen LogP contribution in [0.3, 0.4) is 0 Å². The number of carbonyl (C=O) groups excluding carboxylic acids is 2. The number of alkyl halides is 2. The second-order valence-corrected chi connectivity index (χ2v) is 12.2. The number of hydrogen-bond acceptors (Lipinski definition) is 6. The van der Waals surface area contributed by atoms with Gasteiger partial charge in [0.05, 0.1) is 17.0 Å². The van der Waals surface area contributed by atoms with Gasteiger partial charge < -0.3 is 10.6 Å². The number of hydrazine groups is 1. The molecule has 196 valence electrons. The van der Waals surface area contributed by atoms with Crippen molar-refractivity contribution >= 4 is 33.6 Å². The normalized spacial score (nSPS) is 35.0. The van der Waals surface area contributed by atoms with Crippen LogP contribution >= 0.6 is 11.6 Å². The standard InChI is InChI=1S/C21H38ClFN6O4S/c1-3-24-21(31)26-15-6-4-5-13(7-15)11-34(32,33)28-27-20(30)16-8-14(9-17(22)19(16)23)18-10-29(2)12-25-18/h13-19,25,28H,3-12H2,1-2H3,(H,27,30)(H2,24,26,31)/t13-,14?,15-,16?,17?,18?,19?/m0/s1. The molecule has 13 heteroatoms. The Hall–Kier alpha value is -1.21. The summed E-state index contributed by atoms with van der Waals surface area (Å²) in [6.45, 7) is 3.86. The number of halogens is 2. The van der Waals surface area contributed by atoms with Crippen molar-refractivity contribution in [2.75, 3.05) is 32.6 Å². The minimum atomic E-state index is -3.83. The van der Waals surface area contributed by atoms with Crippen LogP contribution in [0.5, 0.6) is 0 Å². The van der Waals surface area contributed by atoms with E-state index in [2.05, 4.69) is 31.1 Å². The third-order valence-electron chi connectivity index (χ3n) is 7.09. The number of amides is 3.